The number of ketones is 1. The van der Waals surface area contributed by atoms with E-state index in [1.807, 2.05) is 37.3 Å². The van der Waals surface area contributed by atoms with Gasteiger partial charge in [-0.3, -0.25) is 4.79 Å². The number of halogens is 1. The fourth-order valence-electron chi connectivity index (χ4n) is 5.18. The maximum atomic E-state index is 13.6. The third kappa shape index (κ3) is 3.96. The largest absolute Gasteiger partial charge is 0.369 e. The SMILES string of the molecule is Cc1cc2c3c([nH]c2cc1S(=O)(=O)N1CCN(c2cccc(Cl)c2)CC1)CC(C)(C)CC3=O. The Morgan fingerprint density at radius 3 is 2.45 bits per heavy atom. The maximum Gasteiger partial charge on any atom is 0.243 e. The molecule has 1 fully saturated rings. The minimum Gasteiger partial charge on any atom is -0.369 e. The van der Waals surface area contributed by atoms with Crippen LogP contribution in [0.1, 0.15) is 41.9 Å². The summed E-state index contributed by atoms with van der Waals surface area (Å²) in [4.78, 5) is 18.6. The highest BCUT2D eigenvalue weighted by Crippen LogP contribution is 2.39. The Hall–Kier alpha value is -2.35. The molecule has 1 saturated heterocycles. The van der Waals surface area contributed by atoms with Crippen LogP contribution in [0.2, 0.25) is 5.02 Å². The number of aryl methyl sites for hydroxylation is 1. The van der Waals surface area contributed by atoms with Gasteiger partial charge >= 0.3 is 0 Å². The van der Waals surface area contributed by atoms with Gasteiger partial charge in [-0.15, -0.1) is 0 Å². The Morgan fingerprint density at radius 1 is 1.03 bits per heavy atom. The highest BCUT2D eigenvalue weighted by molar-refractivity contribution is 7.89. The number of hydrogen-bond acceptors (Lipinski definition) is 4. The number of benzene rings is 2. The van der Waals surface area contributed by atoms with Gasteiger partial charge in [0.05, 0.1) is 4.90 Å². The van der Waals surface area contributed by atoms with Crippen molar-refractivity contribution >= 4 is 44.0 Å². The quantitative estimate of drug-likeness (QED) is 0.578. The molecule has 0 amide bonds. The smallest absolute Gasteiger partial charge is 0.243 e. The second-order valence-electron chi connectivity index (χ2n) is 9.95. The predicted molar refractivity (Wildman–Crippen MR) is 132 cm³/mol. The van der Waals surface area contributed by atoms with Gasteiger partial charge < -0.3 is 9.88 Å². The Kier molecular flexibility index (Phi) is 5.34. The van der Waals surface area contributed by atoms with E-state index in [2.05, 4.69) is 23.7 Å². The van der Waals surface area contributed by atoms with Gasteiger partial charge in [-0.2, -0.15) is 4.31 Å². The highest BCUT2D eigenvalue weighted by atomic mass is 35.5. The van der Waals surface area contributed by atoms with Crippen LogP contribution in [0.5, 0.6) is 0 Å². The summed E-state index contributed by atoms with van der Waals surface area (Å²) in [5, 5.41) is 1.50. The van der Waals surface area contributed by atoms with Crippen LogP contribution in [0.15, 0.2) is 41.3 Å². The van der Waals surface area contributed by atoms with Crippen molar-refractivity contribution in [3.8, 4) is 0 Å². The Labute approximate surface area is 199 Å². The van der Waals surface area contributed by atoms with Crippen molar-refractivity contribution in [1.29, 1.82) is 0 Å². The third-order valence-electron chi connectivity index (χ3n) is 6.77. The van der Waals surface area contributed by atoms with Gasteiger partial charge in [-0.25, -0.2) is 8.42 Å². The van der Waals surface area contributed by atoms with Crippen LogP contribution < -0.4 is 4.90 Å². The number of aromatic amines is 1. The number of rotatable bonds is 3. The van der Waals surface area contributed by atoms with E-state index < -0.39 is 10.0 Å². The molecular weight excluding hydrogens is 458 g/mol. The number of sulfonamides is 1. The van der Waals surface area contributed by atoms with E-state index in [1.165, 1.54) is 0 Å². The van der Waals surface area contributed by atoms with Crippen LogP contribution in [0, 0.1) is 12.3 Å². The molecule has 2 aromatic carbocycles. The van der Waals surface area contributed by atoms with Gasteiger partial charge in [-0.1, -0.05) is 31.5 Å². The van der Waals surface area contributed by atoms with E-state index in [4.69, 9.17) is 11.6 Å². The first kappa shape index (κ1) is 22.4. The topological polar surface area (TPSA) is 73.5 Å². The second-order valence-corrected chi connectivity index (χ2v) is 12.3. The number of carbonyl (C=O) groups is 1. The molecule has 6 nitrogen and oxygen atoms in total. The maximum absolute atomic E-state index is 13.6. The van der Waals surface area contributed by atoms with Crippen molar-refractivity contribution in [2.75, 3.05) is 31.1 Å². The van der Waals surface area contributed by atoms with Gasteiger partial charge in [0.1, 0.15) is 0 Å². The zero-order valence-electron chi connectivity index (χ0n) is 19.1. The van der Waals surface area contributed by atoms with Crippen molar-refractivity contribution in [3.05, 3.63) is 58.2 Å². The Bertz CT molecular complexity index is 1370. The number of aromatic nitrogens is 1. The van der Waals surface area contributed by atoms with Crippen LogP contribution in [0.25, 0.3) is 10.9 Å². The highest BCUT2D eigenvalue weighted by Gasteiger charge is 2.35. The number of nitrogens with zero attached hydrogens (tertiary/aromatic N) is 2. The number of carbonyl (C=O) groups excluding carboxylic acids is 1. The van der Waals surface area contributed by atoms with Gasteiger partial charge in [0.2, 0.25) is 10.0 Å². The summed E-state index contributed by atoms with van der Waals surface area (Å²) in [7, 11) is -3.66. The first-order chi connectivity index (χ1) is 15.5. The molecule has 1 aliphatic heterocycles. The summed E-state index contributed by atoms with van der Waals surface area (Å²) in [5.41, 5.74) is 3.92. The zero-order valence-corrected chi connectivity index (χ0v) is 20.7. The molecule has 0 unspecified atom stereocenters. The molecule has 33 heavy (non-hydrogen) atoms. The molecular formula is C25H28ClN3O3S. The average molecular weight is 486 g/mol. The van der Waals surface area contributed by atoms with Crippen molar-refractivity contribution in [3.63, 3.8) is 0 Å². The number of nitrogens with one attached hydrogen (secondary N) is 1. The van der Waals surface area contributed by atoms with E-state index in [0.717, 1.165) is 28.8 Å². The monoisotopic (exact) mass is 485 g/mol. The third-order valence-corrected chi connectivity index (χ3v) is 9.05. The molecule has 1 N–H and O–H groups in total. The summed E-state index contributed by atoms with van der Waals surface area (Å²) in [6.45, 7) is 7.99. The molecule has 3 aromatic rings. The van der Waals surface area contributed by atoms with Crippen molar-refractivity contribution in [1.82, 2.24) is 9.29 Å². The van der Waals surface area contributed by atoms with Crippen LogP contribution in [-0.4, -0.2) is 49.7 Å². The second kappa shape index (κ2) is 7.86. The van der Waals surface area contributed by atoms with E-state index >= 15 is 0 Å². The van der Waals surface area contributed by atoms with E-state index in [-0.39, 0.29) is 11.2 Å². The number of Topliss-reactive ketones (excluding diaryl/α,β-unsaturated/α-hetero) is 1. The molecule has 2 heterocycles. The number of H-pyrrole nitrogens is 1. The van der Waals surface area contributed by atoms with Crippen LogP contribution in [0.3, 0.4) is 0 Å². The number of anilines is 1. The van der Waals surface area contributed by atoms with Gasteiger partial charge in [0, 0.05) is 65.5 Å². The van der Waals surface area contributed by atoms with Crippen LogP contribution >= 0.6 is 11.6 Å². The van der Waals surface area contributed by atoms with Gasteiger partial charge in [0.25, 0.3) is 0 Å². The van der Waals surface area contributed by atoms with Crippen molar-refractivity contribution < 1.29 is 13.2 Å². The lowest BCUT2D eigenvalue weighted by Gasteiger charge is -2.35. The molecule has 2 aliphatic rings. The Balaban J connectivity index is 1.44. The molecule has 0 atom stereocenters. The molecule has 0 bridgehead atoms. The van der Waals surface area contributed by atoms with Gasteiger partial charge in [0.15, 0.2) is 5.78 Å². The first-order valence-corrected chi connectivity index (χ1v) is 13.1. The lowest BCUT2D eigenvalue weighted by molar-refractivity contribution is 0.0913. The minimum atomic E-state index is -3.66. The summed E-state index contributed by atoms with van der Waals surface area (Å²) < 4.78 is 28.7. The van der Waals surface area contributed by atoms with E-state index in [9.17, 15) is 13.2 Å². The lowest BCUT2D eigenvalue weighted by atomic mass is 9.76. The number of hydrogen-bond donors (Lipinski definition) is 1. The van der Waals surface area contributed by atoms with Crippen LogP contribution in [-0.2, 0) is 16.4 Å². The molecule has 8 heteroatoms. The summed E-state index contributed by atoms with van der Waals surface area (Å²) in [6.07, 6.45) is 1.28. The van der Waals surface area contributed by atoms with E-state index in [1.54, 1.807) is 10.4 Å². The summed E-state index contributed by atoms with van der Waals surface area (Å²) in [5.74, 6) is 0.125. The van der Waals surface area contributed by atoms with E-state index in [0.29, 0.717) is 53.6 Å². The lowest BCUT2D eigenvalue weighted by Crippen LogP contribution is -2.48. The normalized spacial score (nSPS) is 19.2. The summed E-state index contributed by atoms with van der Waals surface area (Å²) in [6, 6.07) is 11.2. The molecule has 0 spiro atoms. The summed E-state index contributed by atoms with van der Waals surface area (Å²) >= 11 is 6.12. The molecule has 5 rings (SSSR count). The molecule has 1 aromatic heterocycles. The number of piperazine rings is 1. The van der Waals surface area contributed by atoms with Gasteiger partial charge in [-0.05, 0) is 54.7 Å². The number of fused-ring (bicyclic) bond motifs is 3. The average Bonchev–Trinajstić information content (AvgIpc) is 3.09. The van der Waals surface area contributed by atoms with Crippen molar-refractivity contribution in [2.45, 2.75) is 38.5 Å². The minimum absolute atomic E-state index is 0.0996. The zero-order chi connectivity index (χ0) is 23.5. The standard InChI is InChI=1S/C25H28ClN3O3S/c1-16-11-19-20(27-21-14-25(2,3)15-22(30)24(19)21)13-23(16)33(31,32)29-9-7-28(8-10-29)18-6-4-5-17(26)12-18/h4-6,11-13,27H,7-10,14-15H2,1-3H3. The van der Waals surface area contributed by atoms with Crippen LogP contribution in [0.4, 0.5) is 5.69 Å². The molecule has 174 valence electrons. The molecule has 0 radical (unpaired) electrons. The van der Waals surface area contributed by atoms with Crippen molar-refractivity contribution in [2.24, 2.45) is 5.41 Å². The fraction of sp³-hybridized carbons (Fsp3) is 0.400. The predicted octanol–water partition coefficient (Wildman–Crippen LogP) is 4.80. The molecule has 0 saturated carbocycles. The first-order valence-electron chi connectivity index (χ1n) is 11.2. The Morgan fingerprint density at radius 2 is 1.76 bits per heavy atom. The fourth-order valence-corrected chi connectivity index (χ4v) is 7.02. The molecule has 1 aliphatic carbocycles.